The molecule has 0 aliphatic carbocycles. The van der Waals surface area contributed by atoms with E-state index in [1.807, 2.05) is 6.92 Å². The van der Waals surface area contributed by atoms with Gasteiger partial charge in [-0.1, -0.05) is 6.92 Å². The van der Waals surface area contributed by atoms with Gasteiger partial charge in [-0.05, 0) is 31.2 Å². The van der Waals surface area contributed by atoms with Crippen LogP contribution in [0.5, 0.6) is 17.2 Å². The number of carbonyl (C=O) groups is 1. The highest BCUT2D eigenvalue weighted by molar-refractivity contribution is 5.78. The molecule has 2 rings (SSSR count). The van der Waals surface area contributed by atoms with Crippen LogP contribution in [0.4, 0.5) is 0 Å². The van der Waals surface area contributed by atoms with Crippen molar-refractivity contribution in [2.75, 3.05) is 27.1 Å². The number of hydrogen-bond donors (Lipinski definition) is 1. The fraction of sp³-hybridized carbons (Fsp3) is 0.500. The average molecular weight is 281 g/mol. The first-order valence-corrected chi connectivity index (χ1v) is 6.58. The van der Waals surface area contributed by atoms with Crippen molar-refractivity contribution in [3.05, 3.63) is 17.7 Å². The molecule has 1 aliphatic rings. The maximum Gasteiger partial charge on any atom is 0.327 e. The zero-order valence-electron chi connectivity index (χ0n) is 11.9. The molecule has 0 spiro atoms. The zero-order chi connectivity index (χ0) is 14.5. The Hall–Kier alpha value is -1.95. The van der Waals surface area contributed by atoms with E-state index in [9.17, 15) is 4.79 Å². The first-order chi connectivity index (χ1) is 9.71. The minimum atomic E-state index is -0.552. The lowest BCUT2D eigenvalue weighted by Gasteiger charge is -2.18. The second-order valence-corrected chi connectivity index (χ2v) is 4.20. The van der Waals surface area contributed by atoms with Crippen molar-refractivity contribution in [2.24, 2.45) is 0 Å². The van der Waals surface area contributed by atoms with Gasteiger partial charge < -0.3 is 24.3 Å². The van der Waals surface area contributed by atoms with E-state index >= 15 is 0 Å². The third kappa shape index (κ3) is 2.80. The third-order valence-corrected chi connectivity index (χ3v) is 2.94. The van der Waals surface area contributed by atoms with Gasteiger partial charge in [0.15, 0.2) is 11.5 Å². The topological polar surface area (TPSA) is 66.0 Å². The van der Waals surface area contributed by atoms with E-state index in [-0.39, 0.29) is 12.8 Å². The third-order valence-electron chi connectivity index (χ3n) is 2.94. The molecule has 0 amide bonds. The number of fused-ring (bicyclic) bond motifs is 1. The molecule has 1 aromatic rings. The fourth-order valence-electron chi connectivity index (χ4n) is 2.08. The monoisotopic (exact) mass is 281 g/mol. The Balaban J connectivity index is 2.35. The Kier molecular flexibility index (Phi) is 4.68. The Morgan fingerprint density at radius 3 is 2.85 bits per heavy atom. The van der Waals surface area contributed by atoms with Gasteiger partial charge in [0, 0.05) is 0 Å². The minimum absolute atomic E-state index is 0.153. The van der Waals surface area contributed by atoms with Gasteiger partial charge in [-0.3, -0.25) is 0 Å². The van der Waals surface area contributed by atoms with E-state index in [4.69, 9.17) is 18.9 Å². The first-order valence-electron chi connectivity index (χ1n) is 6.58. The van der Waals surface area contributed by atoms with E-state index in [1.165, 1.54) is 0 Å². The van der Waals surface area contributed by atoms with Crippen LogP contribution in [0.1, 0.15) is 25.5 Å². The van der Waals surface area contributed by atoms with Gasteiger partial charge in [-0.25, -0.2) is 4.79 Å². The molecule has 0 aromatic heterocycles. The van der Waals surface area contributed by atoms with Crippen molar-refractivity contribution >= 4 is 5.97 Å². The number of esters is 1. The molecule has 1 aromatic carbocycles. The second-order valence-electron chi connectivity index (χ2n) is 4.20. The predicted octanol–water partition coefficient (Wildman–Crippen LogP) is 1.64. The molecule has 0 saturated heterocycles. The Labute approximate surface area is 118 Å². The van der Waals surface area contributed by atoms with Crippen molar-refractivity contribution < 1.29 is 23.7 Å². The summed E-state index contributed by atoms with van der Waals surface area (Å²) in [4.78, 5) is 12.0. The molecule has 6 nitrogen and oxygen atoms in total. The van der Waals surface area contributed by atoms with E-state index in [0.717, 1.165) is 5.56 Å². The number of hydrogen-bond acceptors (Lipinski definition) is 6. The molecule has 0 fully saturated rings. The fourth-order valence-corrected chi connectivity index (χ4v) is 2.08. The SMILES string of the molecule is CCNC(C(=O)OCC)c1cc(OC)c2c(c1)OCO2. The molecule has 110 valence electrons. The van der Waals surface area contributed by atoms with Crippen LogP contribution in [0, 0.1) is 0 Å². The molecular weight excluding hydrogens is 262 g/mol. The minimum Gasteiger partial charge on any atom is -0.493 e. The largest absolute Gasteiger partial charge is 0.493 e. The lowest BCUT2D eigenvalue weighted by Crippen LogP contribution is -2.30. The molecule has 0 saturated carbocycles. The molecule has 0 radical (unpaired) electrons. The molecular formula is C14H19NO5. The maximum absolute atomic E-state index is 12.0. The molecule has 1 heterocycles. The number of ether oxygens (including phenoxy) is 4. The summed E-state index contributed by atoms with van der Waals surface area (Å²) in [6.45, 7) is 4.83. The standard InChI is InChI=1S/C14H19NO5/c1-4-15-12(14(16)18-5-2)9-6-10(17-3)13-11(7-9)19-8-20-13/h6-7,12,15H,4-5,8H2,1-3H3. The lowest BCUT2D eigenvalue weighted by atomic mass is 10.1. The van der Waals surface area contributed by atoms with Crippen molar-refractivity contribution in [1.29, 1.82) is 0 Å². The Morgan fingerprint density at radius 2 is 2.20 bits per heavy atom. The molecule has 6 heteroatoms. The summed E-state index contributed by atoms with van der Waals surface area (Å²) < 4.78 is 21.1. The number of rotatable bonds is 6. The number of benzene rings is 1. The van der Waals surface area contributed by atoms with Crippen LogP contribution in [0.2, 0.25) is 0 Å². The van der Waals surface area contributed by atoms with Crippen LogP contribution in [-0.2, 0) is 9.53 Å². The quantitative estimate of drug-likeness (QED) is 0.800. The lowest BCUT2D eigenvalue weighted by molar-refractivity contribution is -0.145. The number of methoxy groups -OCH3 is 1. The van der Waals surface area contributed by atoms with Gasteiger partial charge in [0.1, 0.15) is 6.04 Å². The zero-order valence-corrected chi connectivity index (χ0v) is 11.9. The van der Waals surface area contributed by atoms with Gasteiger partial charge in [0.2, 0.25) is 12.5 Å². The summed E-state index contributed by atoms with van der Waals surface area (Å²) in [5.41, 5.74) is 0.728. The van der Waals surface area contributed by atoms with E-state index in [0.29, 0.717) is 30.4 Å². The Morgan fingerprint density at radius 1 is 1.40 bits per heavy atom. The summed E-state index contributed by atoms with van der Waals surface area (Å²) in [5, 5.41) is 3.10. The summed E-state index contributed by atoms with van der Waals surface area (Å²) in [6.07, 6.45) is 0. The van der Waals surface area contributed by atoms with Gasteiger partial charge in [0.25, 0.3) is 0 Å². The highest BCUT2D eigenvalue weighted by Gasteiger charge is 2.27. The Bertz CT molecular complexity index is 489. The first kappa shape index (κ1) is 14.5. The van der Waals surface area contributed by atoms with Crippen molar-refractivity contribution in [3.63, 3.8) is 0 Å². The normalized spacial score (nSPS) is 13.9. The summed E-state index contributed by atoms with van der Waals surface area (Å²) in [7, 11) is 1.55. The molecule has 1 N–H and O–H groups in total. The van der Waals surface area contributed by atoms with Crippen molar-refractivity contribution in [1.82, 2.24) is 5.32 Å². The highest BCUT2D eigenvalue weighted by atomic mass is 16.7. The summed E-state index contributed by atoms with van der Waals surface area (Å²) >= 11 is 0. The van der Waals surface area contributed by atoms with E-state index in [2.05, 4.69) is 5.32 Å². The van der Waals surface area contributed by atoms with Crippen LogP contribution in [0.25, 0.3) is 0 Å². The molecule has 0 bridgehead atoms. The predicted molar refractivity (Wildman–Crippen MR) is 72.2 cm³/mol. The van der Waals surface area contributed by atoms with E-state index in [1.54, 1.807) is 26.2 Å². The smallest absolute Gasteiger partial charge is 0.327 e. The highest BCUT2D eigenvalue weighted by Crippen LogP contribution is 2.43. The second kappa shape index (κ2) is 6.47. The van der Waals surface area contributed by atoms with Crippen molar-refractivity contribution in [3.8, 4) is 17.2 Å². The van der Waals surface area contributed by atoms with E-state index < -0.39 is 6.04 Å². The van der Waals surface area contributed by atoms with Crippen LogP contribution in [0.15, 0.2) is 12.1 Å². The van der Waals surface area contributed by atoms with Gasteiger partial charge in [-0.2, -0.15) is 0 Å². The van der Waals surface area contributed by atoms with Crippen LogP contribution in [-0.4, -0.2) is 33.0 Å². The van der Waals surface area contributed by atoms with Crippen molar-refractivity contribution in [2.45, 2.75) is 19.9 Å². The number of carbonyl (C=O) groups excluding carboxylic acids is 1. The molecule has 1 unspecified atom stereocenters. The molecule has 20 heavy (non-hydrogen) atoms. The average Bonchev–Trinajstić information content (AvgIpc) is 2.92. The van der Waals surface area contributed by atoms with Gasteiger partial charge >= 0.3 is 5.97 Å². The van der Waals surface area contributed by atoms with Crippen LogP contribution >= 0.6 is 0 Å². The number of likely N-dealkylation sites (N-methyl/N-ethyl adjacent to an activating group) is 1. The summed E-state index contributed by atoms with van der Waals surface area (Å²) in [6, 6.07) is 2.98. The summed E-state index contributed by atoms with van der Waals surface area (Å²) in [5.74, 6) is 1.36. The molecule has 1 aliphatic heterocycles. The molecule has 1 atom stereocenters. The van der Waals surface area contributed by atoms with Gasteiger partial charge in [0.05, 0.1) is 13.7 Å². The van der Waals surface area contributed by atoms with Crippen LogP contribution in [0.3, 0.4) is 0 Å². The maximum atomic E-state index is 12.0. The number of nitrogens with one attached hydrogen (secondary N) is 1. The van der Waals surface area contributed by atoms with Crippen LogP contribution < -0.4 is 19.5 Å². The van der Waals surface area contributed by atoms with Gasteiger partial charge in [-0.15, -0.1) is 0 Å².